The molecule has 1 aromatic rings. The maximum absolute atomic E-state index is 9.09. The Morgan fingerprint density at radius 3 is 2.89 bits per heavy atom. The Hall–Kier alpha value is -1.53. The lowest BCUT2D eigenvalue weighted by Crippen LogP contribution is -2.30. The van der Waals surface area contributed by atoms with Gasteiger partial charge in [0.1, 0.15) is 5.82 Å². The predicted molar refractivity (Wildman–Crippen MR) is 69.2 cm³/mol. The Kier molecular flexibility index (Phi) is 3.88. The van der Waals surface area contributed by atoms with Crippen molar-refractivity contribution in [3.8, 4) is 0 Å². The van der Waals surface area contributed by atoms with E-state index in [2.05, 4.69) is 10.1 Å². The van der Waals surface area contributed by atoms with Crippen LogP contribution < -0.4 is 10.6 Å². The highest BCUT2D eigenvalue weighted by Crippen LogP contribution is 2.35. The minimum Gasteiger partial charge on any atom is -0.409 e. The number of hydrogen-bond donors (Lipinski definition) is 3. The van der Waals surface area contributed by atoms with Crippen LogP contribution in [-0.2, 0) is 0 Å². The number of aliphatic hydroxyl groups excluding tert-OH is 1. The van der Waals surface area contributed by atoms with Crippen molar-refractivity contribution in [2.24, 2.45) is 10.9 Å². The lowest BCUT2D eigenvalue weighted by atomic mass is 10.2. The zero-order chi connectivity index (χ0) is 13.1. The Bertz CT molecular complexity index is 462. The summed E-state index contributed by atoms with van der Waals surface area (Å²) in [4.78, 5) is 6.18. The first-order chi connectivity index (χ1) is 8.69. The van der Waals surface area contributed by atoms with Crippen LogP contribution in [0.2, 0.25) is 5.02 Å². The van der Waals surface area contributed by atoms with Crippen LogP contribution in [-0.4, -0.2) is 40.3 Å². The summed E-state index contributed by atoms with van der Waals surface area (Å²) in [5.74, 6) is 0.515. The van der Waals surface area contributed by atoms with Gasteiger partial charge in [-0.3, -0.25) is 0 Å². The molecule has 0 saturated heterocycles. The van der Waals surface area contributed by atoms with Crippen molar-refractivity contribution in [3.05, 3.63) is 22.8 Å². The fourth-order valence-electron chi connectivity index (χ4n) is 1.84. The summed E-state index contributed by atoms with van der Waals surface area (Å²) in [5, 5.41) is 21.1. The second kappa shape index (κ2) is 5.41. The molecule has 0 bridgehead atoms. The van der Waals surface area contributed by atoms with E-state index in [0.717, 1.165) is 12.8 Å². The van der Waals surface area contributed by atoms with E-state index < -0.39 is 0 Å². The lowest BCUT2D eigenvalue weighted by Gasteiger charge is -2.24. The van der Waals surface area contributed by atoms with Crippen molar-refractivity contribution in [3.63, 3.8) is 0 Å². The number of pyridine rings is 1. The van der Waals surface area contributed by atoms with Crippen LogP contribution in [0, 0.1) is 0 Å². The molecule has 0 radical (unpaired) electrons. The minimum absolute atomic E-state index is 0.0301. The van der Waals surface area contributed by atoms with Gasteiger partial charge in [0.2, 0.25) is 0 Å². The topological polar surface area (TPSA) is 95.0 Å². The molecule has 1 aromatic heterocycles. The highest BCUT2D eigenvalue weighted by molar-refractivity contribution is 6.36. The zero-order valence-corrected chi connectivity index (χ0v) is 10.5. The fourth-order valence-corrected chi connectivity index (χ4v) is 2.16. The number of aliphatic hydroxyl groups is 1. The zero-order valence-electron chi connectivity index (χ0n) is 9.75. The van der Waals surface area contributed by atoms with Crippen molar-refractivity contribution in [2.75, 3.05) is 18.1 Å². The Morgan fingerprint density at radius 2 is 2.33 bits per heavy atom. The first-order valence-corrected chi connectivity index (χ1v) is 6.06. The molecule has 1 heterocycles. The molecule has 0 aromatic carbocycles. The summed E-state index contributed by atoms with van der Waals surface area (Å²) in [5.41, 5.74) is 5.99. The van der Waals surface area contributed by atoms with E-state index >= 15 is 0 Å². The third-order valence-corrected chi connectivity index (χ3v) is 3.23. The summed E-state index contributed by atoms with van der Waals surface area (Å²) in [7, 11) is 0. The number of rotatable bonds is 5. The van der Waals surface area contributed by atoms with Crippen molar-refractivity contribution in [2.45, 2.75) is 18.9 Å². The Morgan fingerprint density at radius 1 is 1.61 bits per heavy atom. The molecule has 2 rings (SSSR count). The fraction of sp³-hybridized carbons (Fsp3) is 0.455. The number of oxime groups is 1. The molecule has 1 aliphatic carbocycles. The van der Waals surface area contributed by atoms with Gasteiger partial charge in [-0.25, -0.2) is 4.98 Å². The number of anilines is 1. The normalized spacial score (nSPS) is 15.8. The molecule has 18 heavy (non-hydrogen) atoms. The van der Waals surface area contributed by atoms with Crippen LogP contribution >= 0.6 is 11.6 Å². The van der Waals surface area contributed by atoms with Crippen LogP contribution in [0.4, 0.5) is 5.82 Å². The maximum Gasteiger partial charge on any atom is 0.171 e. The average molecular weight is 271 g/mol. The van der Waals surface area contributed by atoms with Crippen molar-refractivity contribution in [1.29, 1.82) is 0 Å². The van der Waals surface area contributed by atoms with Crippen LogP contribution in [0.5, 0.6) is 0 Å². The molecule has 1 saturated carbocycles. The van der Waals surface area contributed by atoms with Gasteiger partial charge in [0.15, 0.2) is 5.84 Å². The van der Waals surface area contributed by atoms with Crippen molar-refractivity contribution >= 4 is 23.3 Å². The van der Waals surface area contributed by atoms with Gasteiger partial charge in [-0.1, -0.05) is 16.8 Å². The van der Waals surface area contributed by atoms with Gasteiger partial charge in [-0.2, -0.15) is 0 Å². The molecule has 0 aliphatic heterocycles. The quantitative estimate of drug-likeness (QED) is 0.318. The number of halogens is 1. The van der Waals surface area contributed by atoms with Gasteiger partial charge in [0, 0.05) is 24.3 Å². The van der Waals surface area contributed by atoms with Crippen LogP contribution in [0.25, 0.3) is 0 Å². The highest BCUT2D eigenvalue weighted by atomic mass is 35.5. The van der Waals surface area contributed by atoms with Crippen molar-refractivity contribution in [1.82, 2.24) is 4.98 Å². The van der Waals surface area contributed by atoms with Crippen LogP contribution in [0.3, 0.4) is 0 Å². The largest absolute Gasteiger partial charge is 0.409 e. The third kappa shape index (κ3) is 2.49. The minimum atomic E-state index is -0.0524. The summed E-state index contributed by atoms with van der Waals surface area (Å²) >= 11 is 6.23. The average Bonchev–Trinajstić information content (AvgIpc) is 3.20. The molecule has 1 fully saturated rings. The summed E-state index contributed by atoms with van der Waals surface area (Å²) < 4.78 is 0. The molecular weight excluding hydrogens is 256 g/mol. The van der Waals surface area contributed by atoms with Gasteiger partial charge in [0.05, 0.1) is 11.6 Å². The van der Waals surface area contributed by atoms with Gasteiger partial charge in [0.25, 0.3) is 0 Å². The molecule has 6 nitrogen and oxygen atoms in total. The molecule has 4 N–H and O–H groups in total. The van der Waals surface area contributed by atoms with Gasteiger partial charge < -0.3 is 20.9 Å². The third-order valence-electron chi connectivity index (χ3n) is 2.86. The number of nitrogens with two attached hydrogens (primary N) is 1. The molecule has 0 unspecified atom stereocenters. The number of nitrogens with zero attached hydrogens (tertiary/aromatic N) is 3. The predicted octanol–water partition coefficient (Wildman–Crippen LogP) is 0.791. The lowest BCUT2D eigenvalue weighted by molar-refractivity contribution is 0.301. The maximum atomic E-state index is 9.09. The van der Waals surface area contributed by atoms with E-state index in [9.17, 15) is 0 Å². The molecule has 7 heteroatoms. The van der Waals surface area contributed by atoms with E-state index in [1.54, 1.807) is 12.3 Å². The standard InChI is InChI=1S/C11H15ClN4O2/c12-9-8(10(13)15-18)3-4-14-11(9)16(5-6-17)7-1-2-7/h3-4,7,17-18H,1-2,5-6H2,(H2,13,15). The highest BCUT2D eigenvalue weighted by Gasteiger charge is 2.31. The summed E-state index contributed by atoms with van der Waals surface area (Å²) in [6.45, 7) is 0.499. The number of amidine groups is 1. The smallest absolute Gasteiger partial charge is 0.171 e. The monoisotopic (exact) mass is 270 g/mol. The molecular formula is C11H15ClN4O2. The Balaban J connectivity index is 2.37. The first-order valence-electron chi connectivity index (χ1n) is 5.69. The molecule has 1 aliphatic rings. The van der Waals surface area contributed by atoms with E-state index in [1.165, 1.54) is 0 Å². The van der Waals surface area contributed by atoms with E-state index in [1.807, 2.05) is 4.90 Å². The van der Waals surface area contributed by atoms with E-state index in [4.69, 9.17) is 27.6 Å². The second-order valence-corrected chi connectivity index (χ2v) is 4.51. The molecule has 0 amide bonds. The second-order valence-electron chi connectivity index (χ2n) is 4.13. The van der Waals surface area contributed by atoms with Gasteiger partial charge >= 0.3 is 0 Å². The Labute approximate surface area is 110 Å². The SMILES string of the molecule is N/C(=N/O)c1ccnc(N(CCO)C2CC2)c1Cl. The van der Waals surface area contributed by atoms with Gasteiger partial charge in [-0.05, 0) is 18.9 Å². The van der Waals surface area contributed by atoms with E-state index in [0.29, 0.717) is 29.0 Å². The van der Waals surface area contributed by atoms with Gasteiger partial charge in [-0.15, -0.1) is 0 Å². The first kappa shape index (κ1) is 12.9. The molecule has 98 valence electrons. The van der Waals surface area contributed by atoms with Crippen LogP contribution in [0.1, 0.15) is 18.4 Å². The van der Waals surface area contributed by atoms with Crippen LogP contribution in [0.15, 0.2) is 17.4 Å². The summed E-state index contributed by atoms with van der Waals surface area (Å²) in [6.07, 6.45) is 3.68. The molecule has 0 atom stereocenters. The number of hydrogen-bond acceptors (Lipinski definition) is 5. The molecule has 0 spiro atoms. The number of aromatic nitrogens is 1. The van der Waals surface area contributed by atoms with Crippen molar-refractivity contribution < 1.29 is 10.3 Å². The summed E-state index contributed by atoms with van der Waals surface area (Å²) in [6, 6.07) is 1.95. The van der Waals surface area contributed by atoms with E-state index in [-0.39, 0.29) is 12.4 Å².